The molecule has 140 valence electrons. The normalized spacial score (nSPS) is 20.9. The fourth-order valence-corrected chi connectivity index (χ4v) is 4.05. The zero-order valence-corrected chi connectivity index (χ0v) is 16.3. The van der Waals surface area contributed by atoms with Gasteiger partial charge in [0.1, 0.15) is 0 Å². The van der Waals surface area contributed by atoms with Crippen LogP contribution in [0.4, 0.5) is 0 Å². The van der Waals surface area contributed by atoms with Crippen molar-refractivity contribution in [3.05, 3.63) is 47.3 Å². The van der Waals surface area contributed by atoms with Gasteiger partial charge >= 0.3 is 0 Å². The van der Waals surface area contributed by atoms with Gasteiger partial charge in [-0.2, -0.15) is 5.10 Å². The fourth-order valence-electron chi connectivity index (χ4n) is 4.05. The smallest absolute Gasteiger partial charge is 0.251 e. The maximum Gasteiger partial charge on any atom is 0.251 e. The molecule has 1 aromatic carbocycles. The number of carbonyl (C=O) groups excluding carboxylic acids is 1. The number of aryl methyl sites for hydroxylation is 2. The van der Waals surface area contributed by atoms with E-state index in [0.717, 1.165) is 48.5 Å². The van der Waals surface area contributed by atoms with Crippen LogP contribution in [0.25, 0.3) is 5.69 Å². The zero-order valence-electron chi connectivity index (χ0n) is 16.3. The molecule has 3 rings (SSSR count). The van der Waals surface area contributed by atoms with Crippen molar-refractivity contribution in [2.24, 2.45) is 11.8 Å². The highest BCUT2D eigenvalue weighted by molar-refractivity contribution is 5.94. The van der Waals surface area contributed by atoms with Crippen molar-refractivity contribution in [2.75, 3.05) is 26.2 Å². The molecular weight excluding hydrogens is 324 g/mol. The van der Waals surface area contributed by atoms with Gasteiger partial charge in [0.25, 0.3) is 5.91 Å². The van der Waals surface area contributed by atoms with Crippen LogP contribution < -0.4 is 5.32 Å². The van der Waals surface area contributed by atoms with Crippen LogP contribution in [0.2, 0.25) is 0 Å². The number of aromatic nitrogens is 2. The number of amides is 1. The number of hydrogen-bond donors (Lipinski definition) is 1. The molecule has 2 heterocycles. The van der Waals surface area contributed by atoms with E-state index in [-0.39, 0.29) is 5.91 Å². The summed E-state index contributed by atoms with van der Waals surface area (Å²) in [7, 11) is 0. The molecule has 1 amide bonds. The lowest BCUT2D eigenvalue weighted by Gasteiger charge is -2.34. The highest BCUT2D eigenvalue weighted by atomic mass is 16.1. The topological polar surface area (TPSA) is 50.2 Å². The minimum atomic E-state index is -0.0111. The third-order valence-corrected chi connectivity index (χ3v) is 5.04. The minimum Gasteiger partial charge on any atom is -0.351 e. The van der Waals surface area contributed by atoms with Crippen molar-refractivity contribution in [2.45, 2.75) is 34.1 Å². The monoisotopic (exact) mass is 354 g/mol. The quantitative estimate of drug-likeness (QED) is 0.897. The Labute approximate surface area is 156 Å². The number of benzene rings is 1. The van der Waals surface area contributed by atoms with Gasteiger partial charge in [0, 0.05) is 37.4 Å². The molecule has 2 aromatic rings. The summed E-state index contributed by atoms with van der Waals surface area (Å²) in [5.41, 5.74) is 3.74. The summed E-state index contributed by atoms with van der Waals surface area (Å²) in [5, 5.41) is 7.53. The molecule has 1 N–H and O–H groups in total. The predicted octanol–water partition coefficient (Wildman–Crippen LogP) is 3.20. The van der Waals surface area contributed by atoms with Crippen LogP contribution in [0.5, 0.6) is 0 Å². The molecular formula is C21H30N4O. The average molecular weight is 354 g/mol. The summed E-state index contributed by atoms with van der Waals surface area (Å²) >= 11 is 0. The van der Waals surface area contributed by atoms with Crippen LogP contribution in [0.3, 0.4) is 0 Å². The molecule has 5 heteroatoms. The first-order chi connectivity index (χ1) is 12.4. The molecule has 0 saturated carbocycles. The molecule has 26 heavy (non-hydrogen) atoms. The van der Waals surface area contributed by atoms with Gasteiger partial charge in [-0.15, -0.1) is 0 Å². The molecule has 1 fully saturated rings. The number of nitrogens with one attached hydrogen (secondary N) is 1. The Morgan fingerprint density at radius 1 is 1.15 bits per heavy atom. The van der Waals surface area contributed by atoms with Gasteiger partial charge in [0.2, 0.25) is 0 Å². The predicted molar refractivity (Wildman–Crippen MR) is 105 cm³/mol. The zero-order chi connectivity index (χ0) is 18.7. The van der Waals surface area contributed by atoms with Gasteiger partial charge < -0.3 is 10.2 Å². The second-order valence-corrected chi connectivity index (χ2v) is 7.85. The Morgan fingerprint density at radius 2 is 1.81 bits per heavy atom. The van der Waals surface area contributed by atoms with Crippen molar-refractivity contribution >= 4 is 5.91 Å². The third-order valence-electron chi connectivity index (χ3n) is 5.04. The maximum absolute atomic E-state index is 12.4. The average Bonchev–Trinajstić information content (AvgIpc) is 2.92. The van der Waals surface area contributed by atoms with E-state index >= 15 is 0 Å². The van der Waals surface area contributed by atoms with Crippen molar-refractivity contribution in [1.29, 1.82) is 0 Å². The molecule has 1 aliphatic rings. The van der Waals surface area contributed by atoms with Gasteiger partial charge in [-0.25, -0.2) is 4.68 Å². The van der Waals surface area contributed by atoms with Crippen molar-refractivity contribution < 1.29 is 4.79 Å². The fraction of sp³-hybridized carbons (Fsp3) is 0.524. The Bertz CT molecular complexity index is 740. The first kappa shape index (κ1) is 18.6. The summed E-state index contributed by atoms with van der Waals surface area (Å²) in [6, 6.07) is 9.67. The van der Waals surface area contributed by atoms with Gasteiger partial charge in [0.05, 0.1) is 11.4 Å². The molecule has 1 aromatic heterocycles. The maximum atomic E-state index is 12.4. The van der Waals surface area contributed by atoms with E-state index < -0.39 is 0 Å². The van der Waals surface area contributed by atoms with E-state index in [1.165, 1.54) is 6.42 Å². The van der Waals surface area contributed by atoms with Crippen LogP contribution in [0.15, 0.2) is 30.3 Å². The van der Waals surface area contributed by atoms with Crippen LogP contribution in [-0.2, 0) is 0 Å². The minimum absolute atomic E-state index is 0.0111. The van der Waals surface area contributed by atoms with E-state index in [1.54, 1.807) is 0 Å². The van der Waals surface area contributed by atoms with Crippen LogP contribution in [0.1, 0.15) is 42.0 Å². The van der Waals surface area contributed by atoms with Crippen LogP contribution in [0, 0.1) is 25.7 Å². The molecule has 0 radical (unpaired) electrons. The Kier molecular flexibility index (Phi) is 5.77. The molecule has 0 aliphatic carbocycles. The van der Waals surface area contributed by atoms with E-state index in [9.17, 15) is 4.79 Å². The standard InChI is InChI=1S/C21H30N4O/c1-15-11-16(2)14-24(13-15)10-9-22-21(26)19-5-7-20(8-6-19)25-18(4)12-17(3)23-25/h5-8,12,15-16H,9-11,13-14H2,1-4H3,(H,22,26). The van der Waals surface area contributed by atoms with Crippen molar-refractivity contribution in [3.8, 4) is 5.69 Å². The number of likely N-dealkylation sites (tertiary alicyclic amines) is 1. The first-order valence-electron chi connectivity index (χ1n) is 9.56. The van der Waals surface area contributed by atoms with Crippen LogP contribution >= 0.6 is 0 Å². The summed E-state index contributed by atoms with van der Waals surface area (Å²) in [5.74, 6) is 1.48. The number of nitrogens with zero attached hydrogens (tertiary/aromatic N) is 3. The van der Waals surface area contributed by atoms with E-state index in [1.807, 2.05) is 48.9 Å². The largest absolute Gasteiger partial charge is 0.351 e. The lowest BCUT2D eigenvalue weighted by Crippen LogP contribution is -2.42. The SMILES string of the molecule is Cc1cc(C)n(-c2ccc(C(=O)NCCN3CC(C)CC(C)C3)cc2)n1. The lowest BCUT2D eigenvalue weighted by atomic mass is 9.92. The highest BCUT2D eigenvalue weighted by Gasteiger charge is 2.21. The van der Waals surface area contributed by atoms with Crippen molar-refractivity contribution in [3.63, 3.8) is 0 Å². The van der Waals surface area contributed by atoms with Gasteiger partial charge in [-0.1, -0.05) is 13.8 Å². The van der Waals surface area contributed by atoms with Gasteiger partial charge in [-0.05, 0) is 62.4 Å². The number of piperidine rings is 1. The molecule has 0 bridgehead atoms. The highest BCUT2D eigenvalue weighted by Crippen LogP contribution is 2.20. The van der Waals surface area contributed by atoms with Gasteiger partial charge in [0.15, 0.2) is 0 Å². The summed E-state index contributed by atoms with van der Waals surface area (Å²) in [6.07, 6.45) is 1.31. The van der Waals surface area contributed by atoms with E-state index in [2.05, 4.69) is 29.2 Å². The van der Waals surface area contributed by atoms with Gasteiger partial charge in [-0.3, -0.25) is 4.79 Å². The molecule has 5 nitrogen and oxygen atoms in total. The Balaban J connectivity index is 1.53. The summed E-state index contributed by atoms with van der Waals surface area (Å²) in [4.78, 5) is 14.8. The molecule has 0 spiro atoms. The lowest BCUT2D eigenvalue weighted by molar-refractivity contribution is 0.0936. The van der Waals surface area contributed by atoms with Crippen LogP contribution in [-0.4, -0.2) is 46.8 Å². The third kappa shape index (κ3) is 4.52. The molecule has 1 aliphatic heterocycles. The molecule has 2 atom stereocenters. The Morgan fingerprint density at radius 3 is 2.38 bits per heavy atom. The van der Waals surface area contributed by atoms with E-state index in [0.29, 0.717) is 12.1 Å². The molecule has 2 unspecified atom stereocenters. The number of hydrogen-bond acceptors (Lipinski definition) is 3. The second kappa shape index (κ2) is 8.04. The number of carbonyl (C=O) groups is 1. The second-order valence-electron chi connectivity index (χ2n) is 7.85. The summed E-state index contributed by atoms with van der Waals surface area (Å²) < 4.78 is 1.90. The van der Waals surface area contributed by atoms with E-state index in [4.69, 9.17) is 0 Å². The van der Waals surface area contributed by atoms with Crippen molar-refractivity contribution in [1.82, 2.24) is 20.0 Å². The first-order valence-corrected chi connectivity index (χ1v) is 9.56. The molecule has 1 saturated heterocycles. The Hall–Kier alpha value is -2.14. The summed E-state index contributed by atoms with van der Waals surface area (Å²) in [6.45, 7) is 12.5. The number of rotatable bonds is 5.